The summed E-state index contributed by atoms with van der Waals surface area (Å²) in [7, 11) is 0. The van der Waals surface area contributed by atoms with E-state index in [4.69, 9.17) is 10.5 Å². The first-order valence-electron chi connectivity index (χ1n) is 9.23. The molecule has 0 radical (unpaired) electrons. The van der Waals surface area contributed by atoms with Crippen LogP contribution in [0.1, 0.15) is 35.7 Å². The molecule has 1 aliphatic heterocycles. The van der Waals surface area contributed by atoms with Crippen molar-refractivity contribution in [1.82, 2.24) is 4.90 Å². The Kier molecular flexibility index (Phi) is 6.08. The first-order chi connectivity index (χ1) is 13.1. The van der Waals surface area contributed by atoms with Gasteiger partial charge in [-0.3, -0.25) is 14.5 Å². The zero-order chi connectivity index (χ0) is 19.2. The highest BCUT2D eigenvalue weighted by molar-refractivity contribution is 6.04. The zero-order valence-corrected chi connectivity index (χ0v) is 15.5. The molecular weight excluding hydrogens is 342 g/mol. The Morgan fingerprint density at radius 2 is 2.00 bits per heavy atom. The van der Waals surface area contributed by atoms with Crippen molar-refractivity contribution in [3.8, 4) is 5.75 Å². The lowest BCUT2D eigenvalue weighted by atomic mass is 10.1. The minimum absolute atomic E-state index is 0.175. The molecule has 1 saturated heterocycles. The number of anilines is 1. The number of likely N-dealkylation sites (tertiary alicyclic amines) is 1. The monoisotopic (exact) mass is 367 g/mol. The van der Waals surface area contributed by atoms with Crippen LogP contribution in [0.5, 0.6) is 5.75 Å². The summed E-state index contributed by atoms with van der Waals surface area (Å²) in [6, 6.07) is 14.5. The van der Waals surface area contributed by atoms with Gasteiger partial charge in [-0.05, 0) is 68.3 Å². The second-order valence-corrected chi connectivity index (χ2v) is 6.64. The molecule has 0 bridgehead atoms. The van der Waals surface area contributed by atoms with Crippen LogP contribution in [0.2, 0.25) is 0 Å². The quantitative estimate of drug-likeness (QED) is 0.788. The standard InChI is InChI=1S/C21H25N3O3/c1-2-27-18-10-8-16(9-11-18)21(26)23-17-6-3-5-15(13-17)14-24-12-4-7-19(24)20(22)25/h3,5-6,8-11,13,19H,2,4,7,12,14H2,1H3,(H2,22,25)(H,23,26)/t19-/m1/s1. The van der Waals surface area contributed by atoms with E-state index in [0.717, 1.165) is 36.4 Å². The average Bonchev–Trinajstić information content (AvgIpc) is 3.11. The number of carbonyl (C=O) groups excluding carboxylic acids is 2. The van der Waals surface area contributed by atoms with Gasteiger partial charge in [-0.15, -0.1) is 0 Å². The highest BCUT2D eigenvalue weighted by Crippen LogP contribution is 2.21. The average molecular weight is 367 g/mol. The van der Waals surface area contributed by atoms with Gasteiger partial charge < -0.3 is 15.8 Å². The van der Waals surface area contributed by atoms with Gasteiger partial charge in [0, 0.05) is 17.8 Å². The smallest absolute Gasteiger partial charge is 0.255 e. The van der Waals surface area contributed by atoms with Crippen LogP contribution in [0.25, 0.3) is 0 Å². The zero-order valence-electron chi connectivity index (χ0n) is 15.5. The molecule has 1 aliphatic rings. The van der Waals surface area contributed by atoms with Crippen LogP contribution in [0.3, 0.4) is 0 Å². The van der Waals surface area contributed by atoms with Gasteiger partial charge in [0.25, 0.3) is 5.91 Å². The minimum Gasteiger partial charge on any atom is -0.494 e. The van der Waals surface area contributed by atoms with Gasteiger partial charge in [0.1, 0.15) is 5.75 Å². The van der Waals surface area contributed by atoms with E-state index in [9.17, 15) is 9.59 Å². The Hall–Kier alpha value is -2.86. The van der Waals surface area contributed by atoms with Crippen LogP contribution in [-0.4, -0.2) is 35.9 Å². The predicted octanol–water partition coefficient (Wildman–Crippen LogP) is 2.79. The van der Waals surface area contributed by atoms with Crippen LogP contribution in [0, 0.1) is 0 Å². The summed E-state index contributed by atoms with van der Waals surface area (Å²) in [6.45, 7) is 4.00. The molecule has 0 unspecified atom stereocenters. The summed E-state index contributed by atoms with van der Waals surface area (Å²) in [6.07, 6.45) is 1.78. The number of carbonyl (C=O) groups is 2. The van der Waals surface area contributed by atoms with Gasteiger partial charge >= 0.3 is 0 Å². The third-order valence-electron chi connectivity index (χ3n) is 4.69. The van der Waals surface area contributed by atoms with Gasteiger partial charge in [0.2, 0.25) is 5.91 Å². The molecule has 3 rings (SSSR count). The summed E-state index contributed by atoms with van der Waals surface area (Å²) >= 11 is 0. The molecule has 2 aromatic rings. The molecule has 1 heterocycles. The number of benzene rings is 2. The van der Waals surface area contributed by atoms with Crippen molar-refractivity contribution in [2.45, 2.75) is 32.4 Å². The van der Waals surface area contributed by atoms with Crippen LogP contribution in [0.15, 0.2) is 48.5 Å². The van der Waals surface area contributed by atoms with E-state index in [1.165, 1.54) is 0 Å². The molecule has 6 heteroatoms. The molecule has 1 atom stereocenters. The molecule has 142 valence electrons. The Morgan fingerprint density at radius 1 is 1.22 bits per heavy atom. The van der Waals surface area contributed by atoms with Crippen molar-refractivity contribution in [1.29, 1.82) is 0 Å². The first-order valence-corrected chi connectivity index (χ1v) is 9.23. The number of nitrogens with zero attached hydrogens (tertiary/aromatic N) is 1. The molecule has 2 amide bonds. The molecule has 27 heavy (non-hydrogen) atoms. The van der Waals surface area contributed by atoms with E-state index in [2.05, 4.69) is 10.2 Å². The highest BCUT2D eigenvalue weighted by Gasteiger charge is 2.28. The third kappa shape index (κ3) is 4.86. The lowest BCUT2D eigenvalue weighted by Crippen LogP contribution is -2.39. The number of amides is 2. The number of nitrogens with two attached hydrogens (primary N) is 1. The SMILES string of the molecule is CCOc1ccc(C(=O)Nc2cccc(CN3CCC[C@@H]3C(N)=O)c2)cc1. The summed E-state index contributed by atoms with van der Waals surface area (Å²) < 4.78 is 5.39. The lowest BCUT2D eigenvalue weighted by Gasteiger charge is -2.22. The molecule has 2 aromatic carbocycles. The van der Waals surface area contributed by atoms with E-state index in [1.54, 1.807) is 24.3 Å². The maximum Gasteiger partial charge on any atom is 0.255 e. The van der Waals surface area contributed by atoms with Crippen LogP contribution >= 0.6 is 0 Å². The van der Waals surface area contributed by atoms with Crippen LogP contribution in [-0.2, 0) is 11.3 Å². The number of ether oxygens (including phenoxy) is 1. The fraction of sp³-hybridized carbons (Fsp3) is 0.333. The minimum atomic E-state index is -0.271. The van der Waals surface area contributed by atoms with E-state index < -0.39 is 0 Å². The van der Waals surface area contributed by atoms with E-state index in [-0.39, 0.29) is 17.9 Å². The summed E-state index contributed by atoms with van der Waals surface area (Å²) in [5, 5.41) is 2.92. The molecule has 0 aromatic heterocycles. The molecular formula is C21H25N3O3. The van der Waals surface area contributed by atoms with Gasteiger partial charge in [-0.2, -0.15) is 0 Å². The molecule has 1 fully saturated rings. The van der Waals surface area contributed by atoms with Crippen molar-refractivity contribution in [2.24, 2.45) is 5.73 Å². The highest BCUT2D eigenvalue weighted by atomic mass is 16.5. The topological polar surface area (TPSA) is 84.7 Å². The number of primary amides is 1. The Morgan fingerprint density at radius 3 is 2.70 bits per heavy atom. The Bertz CT molecular complexity index is 805. The largest absolute Gasteiger partial charge is 0.494 e. The summed E-state index contributed by atoms with van der Waals surface area (Å²) in [5.74, 6) is 0.296. The number of nitrogens with one attached hydrogen (secondary N) is 1. The van der Waals surface area contributed by atoms with E-state index in [1.807, 2.05) is 31.2 Å². The molecule has 0 aliphatic carbocycles. The van der Waals surface area contributed by atoms with E-state index in [0.29, 0.717) is 18.7 Å². The molecule has 0 saturated carbocycles. The van der Waals surface area contributed by atoms with Gasteiger partial charge in [-0.1, -0.05) is 12.1 Å². The third-order valence-corrected chi connectivity index (χ3v) is 4.69. The number of rotatable bonds is 7. The lowest BCUT2D eigenvalue weighted by molar-refractivity contribution is -0.122. The van der Waals surface area contributed by atoms with E-state index >= 15 is 0 Å². The van der Waals surface area contributed by atoms with Crippen molar-refractivity contribution < 1.29 is 14.3 Å². The fourth-order valence-corrected chi connectivity index (χ4v) is 3.39. The van der Waals surface area contributed by atoms with Crippen LogP contribution < -0.4 is 15.8 Å². The first kappa shape index (κ1) is 18.9. The van der Waals surface area contributed by atoms with Gasteiger partial charge in [-0.25, -0.2) is 0 Å². The summed E-state index contributed by atoms with van der Waals surface area (Å²) in [5.41, 5.74) is 7.81. The van der Waals surface area contributed by atoms with Crippen molar-refractivity contribution in [3.05, 3.63) is 59.7 Å². The maximum absolute atomic E-state index is 12.5. The second-order valence-electron chi connectivity index (χ2n) is 6.64. The Balaban J connectivity index is 1.65. The fourth-order valence-electron chi connectivity index (χ4n) is 3.39. The molecule has 3 N–H and O–H groups in total. The predicted molar refractivity (Wildman–Crippen MR) is 105 cm³/mol. The Labute approximate surface area is 159 Å². The van der Waals surface area contributed by atoms with Crippen molar-refractivity contribution in [2.75, 3.05) is 18.5 Å². The summed E-state index contributed by atoms with van der Waals surface area (Å²) in [4.78, 5) is 26.1. The van der Waals surface area contributed by atoms with Crippen LogP contribution in [0.4, 0.5) is 5.69 Å². The number of hydrogen-bond donors (Lipinski definition) is 2. The molecule has 6 nitrogen and oxygen atoms in total. The molecule has 0 spiro atoms. The normalized spacial score (nSPS) is 16.9. The van der Waals surface area contributed by atoms with Gasteiger partial charge in [0.15, 0.2) is 0 Å². The van der Waals surface area contributed by atoms with Gasteiger partial charge in [0.05, 0.1) is 12.6 Å². The second kappa shape index (κ2) is 8.68. The van der Waals surface area contributed by atoms with Crippen molar-refractivity contribution in [3.63, 3.8) is 0 Å². The maximum atomic E-state index is 12.5. The van der Waals surface area contributed by atoms with Crippen molar-refractivity contribution >= 4 is 17.5 Å². The number of hydrogen-bond acceptors (Lipinski definition) is 4.